The molecule has 9 rings (SSSR count). The number of imidazole rings is 2. The summed E-state index contributed by atoms with van der Waals surface area (Å²) in [5, 5.41) is 5.45. The van der Waals surface area contributed by atoms with Crippen molar-refractivity contribution in [1.29, 1.82) is 0 Å². The standard InChI is InChI=1S/C53H59Br2N9O6/c1-29(2)42(58-52(67)69-5)50(65)62-27-7-9-40(62)48-56-44(46(54)60-48)35-17-13-33(14-18-35)38-25-26-39(64(38)37-23-21-32(22-24-37)31-11-12-31)34-15-19-36(20-16-34)45-47(55)61-49(57-45)41-10-8-28-63(41)51(66)43(30(3)4)59-53(68)70-6/h13-26,29-31,40-43H,7-12,27-28H2,1-6H3,(H,56,60)(H,57,61)(H,58,67)(H,59,68)/t40-,41-,42-,43-/m0/s1. The zero-order valence-electron chi connectivity index (χ0n) is 40.2. The lowest BCUT2D eigenvalue weighted by molar-refractivity contribution is -0.136. The van der Waals surface area contributed by atoms with Crippen molar-refractivity contribution < 1.29 is 28.7 Å². The van der Waals surface area contributed by atoms with E-state index in [2.05, 4.69) is 142 Å². The molecule has 2 saturated heterocycles. The van der Waals surface area contributed by atoms with Crippen LogP contribution in [-0.2, 0) is 19.1 Å². The monoisotopic (exact) mass is 1080 g/mol. The number of likely N-dealkylation sites (tertiary alicyclic amines) is 2. The van der Waals surface area contributed by atoms with Crippen LogP contribution in [-0.4, -0.2) is 97.7 Å². The molecule has 3 aliphatic rings. The van der Waals surface area contributed by atoms with Crippen molar-refractivity contribution in [3.05, 3.63) is 111 Å². The molecule has 3 aromatic carbocycles. The van der Waals surface area contributed by atoms with Gasteiger partial charge in [0.15, 0.2) is 0 Å². The minimum Gasteiger partial charge on any atom is -0.453 e. The van der Waals surface area contributed by atoms with Crippen LogP contribution in [0.25, 0.3) is 50.7 Å². The van der Waals surface area contributed by atoms with Crippen LogP contribution in [0.3, 0.4) is 0 Å². The number of carbonyl (C=O) groups is 4. The van der Waals surface area contributed by atoms with Gasteiger partial charge < -0.3 is 44.4 Å². The molecule has 15 nitrogen and oxygen atoms in total. The number of ether oxygens (including phenoxy) is 2. The number of aromatic amines is 2. The summed E-state index contributed by atoms with van der Waals surface area (Å²) in [5.74, 6) is 1.44. The molecule has 0 unspecified atom stereocenters. The van der Waals surface area contributed by atoms with Gasteiger partial charge in [-0.05, 0) is 129 Å². The Morgan fingerprint density at radius 1 is 0.586 bits per heavy atom. The first kappa shape index (κ1) is 48.8. The van der Waals surface area contributed by atoms with Crippen molar-refractivity contribution in [3.63, 3.8) is 0 Å². The second-order valence-corrected chi connectivity index (χ2v) is 20.7. The minimum absolute atomic E-state index is 0.130. The molecule has 6 aromatic rings. The summed E-state index contributed by atoms with van der Waals surface area (Å²) >= 11 is 7.47. The van der Waals surface area contributed by atoms with E-state index >= 15 is 0 Å². The number of hydrogen-bond acceptors (Lipinski definition) is 8. The Morgan fingerprint density at radius 2 is 0.986 bits per heavy atom. The maximum Gasteiger partial charge on any atom is 0.407 e. The second-order valence-electron chi connectivity index (χ2n) is 19.1. The molecular formula is C53H59Br2N9O6. The Bertz CT molecular complexity index is 2700. The maximum atomic E-state index is 13.8. The van der Waals surface area contributed by atoms with Gasteiger partial charge in [0, 0.05) is 29.9 Å². The summed E-state index contributed by atoms with van der Waals surface area (Å²) in [6.07, 6.45) is 4.34. The van der Waals surface area contributed by atoms with Crippen LogP contribution in [0, 0.1) is 11.8 Å². The van der Waals surface area contributed by atoms with E-state index < -0.39 is 24.3 Å². The van der Waals surface area contributed by atoms with Crippen LogP contribution >= 0.6 is 31.9 Å². The lowest BCUT2D eigenvalue weighted by Crippen LogP contribution is -2.51. The fraction of sp³-hybridized carbons (Fsp3) is 0.396. The SMILES string of the molecule is COC(=O)N[C@H](C(=O)N1CCC[C@H]1c1nc(-c2ccc(-c3ccc(-c4ccc(-c5nc([C@@H]6CCCN6C(=O)[C@@H](NC(=O)OC)C(C)C)[nH]c5Br)cc4)n3-c3ccc(C4CC4)cc3)cc2)c(Br)[nH]1)C(C)C. The molecule has 0 spiro atoms. The van der Waals surface area contributed by atoms with Crippen molar-refractivity contribution >= 4 is 55.9 Å². The number of carbonyl (C=O) groups excluding carboxylic acids is 4. The van der Waals surface area contributed by atoms with E-state index in [1.54, 1.807) is 0 Å². The molecule has 1 aliphatic carbocycles. The smallest absolute Gasteiger partial charge is 0.407 e. The quantitative estimate of drug-likeness (QED) is 0.0832. The molecule has 4 atom stereocenters. The number of amides is 4. The van der Waals surface area contributed by atoms with Crippen molar-refractivity contribution in [2.24, 2.45) is 11.8 Å². The molecule has 1 saturated carbocycles. The second kappa shape index (κ2) is 20.6. The van der Waals surface area contributed by atoms with Crippen LogP contribution in [0.4, 0.5) is 9.59 Å². The van der Waals surface area contributed by atoms with Gasteiger partial charge in [-0.3, -0.25) is 9.59 Å². The van der Waals surface area contributed by atoms with Crippen molar-refractivity contribution in [3.8, 4) is 50.7 Å². The van der Waals surface area contributed by atoms with Gasteiger partial charge in [0.25, 0.3) is 0 Å². The topological polar surface area (TPSA) is 180 Å². The van der Waals surface area contributed by atoms with Gasteiger partial charge >= 0.3 is 12.2 Å². The number of benzene rings is 3. The summed E-state index contributed by atoms with van der Waals surface area (Å²) in [6, 6.07) is 28.1. The number of methoxy groups -OCH3 is 2. The van der Waals surface area contributed by atoms with E-state index in [-0.39, 0.29) is 35.7 Å². The van der Waals surface area contributed by atoms with Crippen LogP contribution in [0.15, 0.2) is 94.1 Å². The van der Waals surface area contributed by atoms with Crippen LogP contribution < -0.4 is 10.6 Å². The number of alkyl carbamates (subject to hydrolysis) is 2. The molecule has 70 heavy (non-hydrogen) atoms. The Hall–Kier alpha value is -6.20. The summed E-state index contributed by atoms with van der Waals surface area (Å²) < 4.78 is 13.4. The number of rotatable bonds is 14. The number of nitrogens with one attached hydrogen (secondary N) is 4. The molecular weight excluding hydrogens is 1020 g/mol. The van der Waals surface area contributed by atoms with Gasteiger partial charge in [0.05, 0.1) is 37.7 Å². The first-order chi connectivity index (χ1) is 33.7. The Balaban J connectivity index is 0.975. The zero-order chi connectivity index (χ0) is 49.4. The van der Waals surface area contributed by atoms with E-state index in [0.29, 0.717) is 30.7 Å². The number of halogens is 2. The molecule has 4 N–H and O–H groups in total. The predicted octanol–water partition coefficient (Wildman–Crippen LogP) is 11.1. The molecule has 0 radical (unpaired) electrons. The summed E-state index contributed by atoms with van der Waals surface area (Å²) in [7, 11) is 2.59. The van der Waals surface area contributed by atoms with E-state index in [4.69, 9.17) is 19.4 Å². The maximum absolute atomic E-state index is 13.8. The Labute approximate surface area is 424 Å². The van der Waals surface area contributed by atoms with Crippen molar-refractivity contribution in [2.45, 2.75) is 96.3 Å². The highest BCUT2D eigenvalue weighted by molar-refractivity contribution is 9.10. The molecule has 17 heteroatoms. The van der Waals surface area contributed by atoms with Gasteiger partial charge in [-0.2, -0.15) is 0 Å². The molecule has 5 heterocycles. The lowest BCUT2D eigenvalue weighted by Gasteiger charge is -2.29. The average Bonchev–Trinajstić information content (AvgIpc) is 3.86. The normalized spacial score (nSPS) is 17.8. The third kappa shape index (κ3) is 9.91. The minimum atomic E-state index is -0.718. The highest BCUT2D eigenvalue weighted by atomic mass is 79.9. The van der Waals surface area contributed by atoms with Crippen LogP contribution in [0.5, 0.6) is 0 Å². The zero-order valence-corrected chi connectivity index (χ0v) is 43.4. The number of hydrogen-bond donors (Lipinski definition) is 4. The predicted molar refractivity (Wildman–Crippen MR) is 275 cm³/mol. The van der Waals surface area contributed by atoms with Gasteiger partial charge in [0.2, 0.25) is 11.8 Å². The van der Waals surface area contributed by atoms with Crippen LogP contribution in [0.2, 0.25) is 0 Å². The van der Waals surface area contributed by atoms with E-state index in [1.807, 2.05) is 37.5 Å². The summed E-state index contributed by atoms with van der Waals surface area (Å²) in [6.45, 7) is 8.76. The highest BCUT2D eigenvalue weighted by Crippen LogP contribution is 2.42. The molecule has 3 aromatic heterocycles. The van der Waals surface area contributed by atoms with Gasteiger partial charge in [0.1, 0.15) is 44.3 Å². The Kier molecular flexibility index (Phi) is 14.4. The van der Waals surface area contributed by atoms with E-state index in [1.165, 1.54) is 32.6 Å². The molecule has 3 fully saturated rings. The Morgan fingerprint density at radius 3 is 1.36 bits per heavy atom. The van der Waals surface area contributed by atoms with Gasteiger partial charge in [-0.1, -0.05) is 88.4 Å². The van der Waals surface area contributed by atoms with Gasteiger partial charge in [-0.15, -0.1) is 0 Å². The lowest BCUT2D eigenvalue weighted by atomic mass is 10.0. The van der Waals surface area contributed by atoms with Crippen molar-refractivity contribution in [1.82, 2.24) is 44.9 Å². The first-order valence-corrected chi connectivity index (χ1v) is 25.7. The van der Waals surface area contributed by atoms with E-state index in [9.17, 15) is 19.2 Å². The summed E-state index contributed by atoms with van der Waals surface area (Å²) in [4.78, 5) is 72.4. The van der Waals surface area contributed by atoms with E-state index in [0.717, 1.165) is 85.6 Å². The fourth-order valence-corrected chi connectivity index (χ4v) is 10.9. The summed E-state index contributed by atoms with van der Waals surface area (Å²) in [5.41, 5.74) is 9.88. The molecule has 4 amide bonds. The number of nitrogens with zero attached hydrogens (tertiary/aromatic N) is 5. The first-order valence-electron chi connectivity index (χ1n) is 24.1. The fourth-order valence-electron chi connectivity index (χ4n) is 9.90. The highest BCUT2D eigenvalue weighted by Gasteiger charge is 2.39. The van der Waals surface area contributed by atoms with Gasteiger partial charge in [-0.25, -0.2) is 19.6 Å². The third-order valence-corrected chi connectivity index (χ3v) is 15.0. The third-order valence-electron chi connectivity index (χ3n) is 13.8. The average molecular weight is 1080 g/mol. The molecule has 366 valence electrons. The van der Waals surface area contributed by atoms with Crippen molar-refractivity contribution in [2.75, 3.05) is 27.3 Å². The largest absolute Gasteiger partial charge is 0.453 e. The number of H-pyrrole nitrogens is 2. The van der Waals surface area contributed by atoms with Crippen LogP contribution in [0.1, 0.15) is 101 Å². The number of aromatic nitrogens is 5. The molecule has 0 bridgehead atoms. The molecule has 2 aliphatic heterocycles.